The largest absolute Gasteiger partial charge is 0.489 e. The molecule has 1 atom stereocenters. The quantitative estimate of drug-likeness (QED) is 0.546. The van der Waals surface area contributed by atoms with Gasteiger partial charge in [-0.1, -0.05) is 6.58 Å². The van der Waals surface area contributed by atoms with Crippen molar-refractivity contribution in [1.29, 1.82) is 0 Å². The van der Waals surface area contributed by atoms with Gasteiger partial charge in [-0.15, -0.1) is 0 Å². The number of hydrogen-bond acceptors (Lipinski definition) is 6. The summed E-state index contributed by atoms with van der Waals surface area (Å²) in [5, 5.41) is 3.58. The van der Waals surface area contributed by atoms with Crippen molar-refractivity contribution in [2.45, 2.75) is 39.2 Å². The highest BCUT2D eigenvalue weighted by molar-refractivity contribution is 7.91. The summed E-state index contributed by atoms with van der Waals surface area (Å²) in [6.45, 7) is 7.79. The average molecular weight is 419 g/mol. The number of aryl methyl sites for hydroxylation is 2. The van der Waals surface area contributed by atoms with Crippen LogP contribution >= 0.6 is 0 Å². The van der Waals surface area contributed by atoms with Crippen molar-refractivity contribution in [2.24, 2.45) is 0 Å². The van der Waals surface area contributed by atoms with Crippen LogP contribution < -0.4 is 15.7 Å². The number of ether oxygens (including phenoxy) is 1. The summed E-state index contributed by atoms with van der Waals surface area (Å²) in [5.41, 5.74) is 2.42. The smallest absolute Gasteiger partial charge is 0.336 e. The zero-order chi connectivity index (χ0) is 21.2. The number of fused-ring (bicyclic) bond motifs is 1. The van der Waals surface area contributed by atoms with Crippen LogP contribution in [0.1, 0.15) is 30.9 Å². The molecule has 0 bridgehead atoms. The van der Waals surface area contributed by atoms with E-state index < -0.39 is 15.5 Å². The molecule has 0 aliphatic carbocycles. The minimum Gasteiger partial charge on any atom is -0.489 e. The molecule has 1 saturated heterocycles. The lowest BCUT2D eigenvalue weighted by Crippen LogP contribution is -2.35. The highest BCUT2D eigenvalue weighted by Gasteiger charge is 2.28. The second kappa shape index (κ2) is 8.41. The summed E-state index contributed by atoms with van der Waals surface area (Å²) in [4.78, 5) is 24.0. The fraction of sp³-hybridized carbons (Fsp3) is 0.429. The zero-order valence-corrected chi connectivity index (χ0v) is 17.4. The van der Waals surface area contributed by atoms with E-state index in [0.29, 0.717) is 30.8 Å². The Morgan fingerprint density at radius 3 is 2.76 bits per heavy atom. The van der Waals surface area contributed by atoms with E-state index in [4.69, 9.17) is 9.15 Å². The van der Waals surface area contributed by atoms with E-state index in [9.17, 15) is 18.0 Å². The van der Waals surface area contributed by atoms with Crippen LogP contribution in [0.25, 0.3) is 11.0 Å². The summed E-state index contributed by atoms with van der Waals surface area (Å²) < 4.78 is 34.2. The number of carbonyl (C=O) groups is 1. The highest BCUT2D eigenvalue weighted by Crippen LogP contribution is 2.28. The number of carbonyl (C=O) groups excluding carboxylic acids is 1. The van der Waals surface area contributed by atoms with Gasteiger partial charge < -0.3 is 14.5 Å². The molecule has 0 unspecified atom stereocenters. The van der Waals surface area contributed by atoms with Crippen molar-refractivity contribution in [3.63, 3.8) is 0 Å². The molecule has 8 heteroatoms. The third-order valence-electron chi connectivity index (χ3n) is 4.83. The monoisotopic (exact) mass is 419 g/mol. The molecule has 29 heavy (non-hydrogen) atoms. The molecule has 0 saturated carbocycles. The minimum absolute atomic E-state index is 0.0000846. The number of hydrogen-bond donors (Lipinski definition) is 1. The van der Waals surface area contributed by atoms with Crippen LogP contribution in [0.4, 0.5) is 0 Å². The molecule has 1 fully saturated rings. The Morgan fingerprint density at radius 2 is 2.10 bits per heavy atom. The van der Waals surface area contributed by atoms with E-state index in [1.54, 1.807) is 6.07 Å². The SMILES string of the molecule is C=C(C)COc1cc2oc(=O)cc(C)c2cc1CCC(=O)N[C@@H]1CCS(=O)(=O)C1. The summed E-state index contributed by atoms with van der Waals surface area (Å²) in [5.74, 6) is 0.450. The minimum atomic E-state index is -3.04. The first-order chi connectivity index (χ1) is 13.6. The van der Waals surface area contributed by atoms with Crippen molar-refractivity contribution in [3.05, 3.63) is 51.9 Å². The van der Waals surface area contributed by atoms with Gasteiger partial charge in [0.1, 0.15) is 17.9 Å². The first kappa shape index (κ1) is 21.1. The number of amides is 1. The van der Waals surface area contributed by atoms with Gasteiger partial charge >= 0.3 is 5.63 Å². The molecule has 2 aromatic rings. The summed E-state index contributed by atoms with van der Waals surface area (Å²) in [7, 11) is -3.04. The van der Waals surface area contributed by atoms with Crippen molar-refractivity contribution >= 4 is 26.7 Å². The molecular formula is C21H25NO6S. The number of rotatable bonds is 7. The second-order valence-electron chi connectivity index (χ2n) is 7.62. The normalized spacial score (nSPS) is 17.9. The molecule has 1 aliphatic rings. The van der Waals surface area contributed by atoms with Crippen LogP contribution in [0.15, 0.2) is 39.6 Å². The maximum Gasteiger partial charge on any atom is 0.336 e. The molecule has 2 heterocycles. The van der Waals surface area contributed by atoms with Gasteiger partial charge in [0.15, 0.2) is 9.84 Å². The van der Waals surface area contributed by atoms with Gasteiger partial charge in [-0.05, 0) is 49.5 Å². The second-order valence-corrected chi connectivity index (χ2v) is 9.85. The van der Waals surface area contributed by atoms with Crippen molar-refractivity contribution < 1.29 is 22.4 Å². The fourth-order valence-corrected chi connectivity index (χ4v) is 5.05. The molecule has 1 aromatic heterocycles. The summed E-state index contributed by atoms with van der Waals surface area (Å²) in [6.07, 6.45) is 1.06. The number of sulfone groups is 1. The van der Waals surface area contributed by atoms with Gasteiger partial charge in [-0.25, -0.2) is 13.2 Å². The third-order valence-corrected chi connectivity index (χ3v) is 6.59. The van der Waals surface area contributed by atoms with Crippen LogP contribution in [0.5, 0.6) is 5.75 Å². The predicted molar refractivity (Wildman–Crippen MR) is 111 cm³/mol. The first-order valence-electron chi connectivity index (χ1n) is 9.47. The van der Waals surface area contributed by atoms with E-state index in [0.717, 1.165) is 22.1 Å². The van der Waals surface area contributed by atoms with E-state index in [1.165, 1.54) is 6.07 Å². The molecule has 3 rings (SSSR count). The lowest BCUT2D eigenvalue weighted by molar-refractivity contribution is -0.121. The molecule has 7 nitrogen and oxygen atoms in total. The Morgan fingerprint density at radius 1 is 1.34 bits per heavy atom. The molecule has 1 amide bonds. The van der Waals surface area contributed by atoms with E-state index in [-0.39, 0.29) is 29.9 Å². The average Bonchev–Trinajstić information content (AvgIpc) is 2.96. The van der Waals surface area contributed by atoms with Crippen molar-refractivity contribution in [3.8, 4) is 5.75 Å². The predicted octanol–water partition coefficient (Wildman–Crippen LogP) is 2.29. The van der Waals surface area contributed by atoms with Gasteiger partial charge in [0.25, 0.3) is 0 Å². The maximum absolute atomic E-state index is 12.3. The van der Waals surface area contributed by atoms with Crippen LogP contribution in [-0.4, -0.2) is 38.5 Å². The number of nitrogens with one attached hydrogen (secondary N) is 1. The molecule has 1 aliphatic heterocycles. The molecule has 1 N–H and O–H groups in total. The van der Waals surface area contributed by atoms with E-state index in [2.05, 4.69) is 11.9 Å². The molecular weight excluding hydrogens is 394 g/mol. The Bertz CT molecular complexity index is 1120. The molecule has 0 spiro atoms. The van der Waals surface area contributed by atoms with Gasteiger partial charge in [0, 0.05) is 30.0 Å². The van der Waals surface area contributed by atoms with Gasteiger partial charge in [-0.2, -0.15) is 0 Å². The zero-order valence-electron chi connectivity index (χ0n) is 16.6. The Labute approximate surface area is 169 Å². The van der Waals surface area contributed by atoms with Crippen LogP contribution in [0, 0.1) is 6.92 Å². The van der Waals surface area contributed by atoms with Gasteiger partial charge in [0.2, 0.25) is 5.91 Å². The van der Waals surface area contributed by atoms with Gasteiger partial charge in [-0.3, -0.25) is 4.79 Å². The third kappa shape index (κ3) is 5.47. The van der Waals surface area contributed by atoms with Crippen molar-refractivity contribution in [2.75, 3.05) is 18.1 Å². The van der Waals surface area contributed by atoms with Crippen LogP contribution in [0.2, 0.25) is 0 Å². The molecule has 0 radical (unpaired) electrons. The van der Waals surface area contributed by atoms with Crippen LogP contribution in [-0.2, 0) is 21.1 Å². The van der Waals surface area contributed by atoms with Crippen LogP contribution in [0.3, 0.4) is 0 Å². The lowest BCUT2D eigenvalue weighted by Gasteiger charge is -2.14. The Hall–Kier alpha value is -2.61. The van der Waals surface area contributed by atoms with Gasteiger partial charge in [0.05, 0.1) is 11.5 Å². The van der Waals surface area contributed by atoms with E-state index in [1.807, 2.05) is 19.9 Å². The Balaban J connectivity index is 1.78. The standard InChI is InChI=1S/C21H25NO6S/c1-13(2)11-27-18-10-19-17(14(3)8-21(24)28-19)9-15(18)4-5-20(23)22-16-6-7-29(25,26)12-16/h8-10,16H,1,4-7,11-12H2,2-3H3,(H,22,23)/t16-/m1/s1. The first-order valence-corrected chi connectivity index (χ1v) is 11.3. The fourth-order valence-electron chi connectivity index (χ4n) is 3.38. The van der Waals surface area contributed by atoms with Crippen molar-refractivity contribution in [1.82, 2.24) is 5.32 Å². The maximum atomic E-state index is 12.3. The highest BCUT2D eigenvalue weighted by atomic mass is 32.2. The number of benzene rings is 1. The molecule has 156 valence electrons. The summed E-state index contributed by atoms with van der Waals surface area (Å²) in [6, 6.07) is 4.64. The topological polar surface area (TPSA) is 103 Å². The Kier molecular flexibility index (Phi) is 6.12. The lowest BCUT2D eigenvalue weighted by atomic mass is 10.0. The van der Waals surface area contributed by atoms with E-state index >= 15 is 0 Å². The molecule has 1 aromatic carbocycles. The summed E-state index contributed by atoms with van der Waals surface area (Å²) >= 11 is 0.